The molecule has 0 atom stereocenters. The van der Waals surface area contributed by atoms with Crippen LogP contribution in [0.4, 0.5) is 0 Å². The average molecular weight is 254 g/mol. The third-order valence-electron chi connectivity index (χ3n) is 1.68. The number of rotatable bonds is 4. The lowest BCUT2D eigenvalue weighted by molar-refractivity contribution is -0.142. The second-order valence-electron chi connectivity index (χ2n) is 2.91. The van der Waals surface area contributed by atoms with E-state index in [1.165, 1.54) is 14.0 Å². The van der Waals surface area contributed by atoms with Gasteiger partial charge in [-0.2, -0.15) is 0 Å². The van der Waals surface area contributed by atoms with Gasteiger partial charge in [0.25, 0.3) is 0 Å². The molecule has 0 N–H and O–H groups in total. The first-order valence-corrected chi connectivity index (χ1v) is 5.60. The molecule has 5 heteroatoms. The van der Waals surface area contributed by atoms with Crippen molar-refractivity contribution < 1.29 is 23.8 Å². The van der Waals surface area contributed by atoms with Gasteiger partial charge in [-0.05, 0) is 12.1 Å². The van der Waals surface area contributed by atoms with E-state index in [0.29, 0.717) is 5.75 Å². The summed E-state index contributed by atoms with van der Waals surface area (Å²) in [6.45, 7) is 5.06. The average Bonchev–Trinajstić information content (AvgIpc) is 2.39. The fraction of sp³-hybridized carbons (Fsp3) is 0.385. The van der Waals surface area contributed by atoms with Crippen LogP contribution in [0.2, 0.25) is 0 Å². The minimum atomic E-state index is -0.502. The van der Waals surface area contributed by atoms with E-state index in [0.717, 1.165) is 0 Å². The predicted octanol–water partition coefficient (Wildman–Crippen LogP) is 2.19. The van der Waals surface area contributed by atoms with E-state index in [1.54, 1.807) is 24.3 Å². The molecule has 1 aromatic rings. The predicted molar refractivity (Wildman–Crippen MR) is 66.6 cm³/mol. The molecule has 0 aliphatic carbocycles. The van der Waals surface area contributed by atoms with Crippen LogP contribution >= 0.6 is 0 Å². The number of carbonyl (C=O) groups is 2. The standard InChI is InChI=1S/C11H12O5.C2H6/c1-8(12)16-10-6-4-3-5-9(10)15-7-11(13)14-2;1-2/h3-6H,7H2,1-2H3;1-2H3. The molecule has 0 spiro atoms. The SMILES string of the molecule is CC.COC(=O)COc1ccccc1OC(C)=O. The Morgan fingerprint density at radius 2 is 1.67 bits per heavy atom. The number of carbonyl (C=O) groups excluding carboxylic acids is 2. The van der Waals surface area contributed by atoms with Crippen molar-refractivity contribution >= 4 is 11.9 Å². The van der Waals surface area contributed by atoms with Crippen LogP contribution in [0.3, 0.4) is 0 Å². The lowest BCUT2D eigenvalue weighted by atomic mass is 10.3. The first-order valence-electron chi connectivity index (χ1n) is 5.60. The summed E-state index contributed by atoms with van der Waals surface area (Å²) in [5.74, 6) is -0.353. The number of methoxy groups -OCH3 is 1. The molecule has 0 aromatic heterocycles. The van der Waals surface area contributed by atoms with Crippen LogP contribution in [0.25, 0.3) is 0 Å². The molecule has 0 saturated carbocycles. The molecule has 18 heavy (non-hydrogen) atoms. The van der Waals surface area contributed by atoms with Gasteiger partial charge in [0, 0.05) is 6.92 Å². The Balaban J connectivity index is 0.00000137. The van der Waals surface area contributed by atoms with Crippen molar-refractivity contribution in [1.29, 1.82) is 0 Å². The summed E-state index contributed by atoms with van der Waals surface area (Å²) in [5.41, 5.74) is 0. The highest BCUT2D eigenvalue weighted by Gasteiger charge is 2.08. The number of para-hydroxylation sites is 2. The Bertz CT molecular complexity index is 387. The second kappa shape index (κ2) is 9.04. The quantitative estimate of drug-likeness (QED) is 0.608. The summed E-state index contributed by atoms with van der Waals surface area (Å²) in [6.07, 6.45) is 0. The number of hydrogen-bond donors (Lipinski definition) is 0. The molecule has 1 rings (SSSR count). The van der Waals surface area contributed by atoms with Crippen molar-refractivity contribution in [2.24, 2.45) is 0 Å². The summed E-state index contributed by atoms with van der Waals surface area (Å²) in [5, 5.41) is 0. The van der Waals surface area contributed by atoms with E-state index >= 15 is 0 Å². The highest BCUT2D eigenvalue weighted by molar-refractivity contribution is 5.72. The van der Waals surface area contributed by atoms with E-state index in [2.05, 4.69) is 4.74 Å². The van der Waals surface area contributed by atoms with Crippen molar-refractivity contribution in [3.8, 4) is 11.5 Å². The van der Waals surface area contributed by atoms with Gasteiger partial charge in [0.05, 0.1) is 7.11 Å². The monoisotopic (exact) mass is 254 g/mol. The van der Waals surface area contributed by atoms with Crippen LogP contribution < -0.4 is 9.47 Å². The zero-order valence-electron chi connectivity index (χ0n) is 11.1. The lowest BCUT2D eigenvalue weighted by Crippen LogP contribution is -2.13. The van der Waals surface area contributed by atoms with Crippen LogP contribution in [0.1, 0.15) is 20.8 Å². The molecule has 0 saturated heterocycles. The van der Waals surface area contributed by atoms with Crippen molar-refractivity contribution in [2.75, 3.05) is 13.7 Å². The summed E-state index contributed by atoms with van der Waals surface area (Å²) < 4.78 is 14.5. The first-order chi connectivity index (χ1) is 8.63. The largest absolute Gasteiger partial charge is 0.478 e. The van der Waals surface area contributed by atoms with Gasteiger partial charge >= 0.3 is 11.9 Å². The summed E-state index contributed by atoms with van der Waals surface area (Å²) in [4.78, 5) is 21.7. The number of benzene rings is 1. The van der Waals surface area contributed by atoms with E-state index in [-0.39, 0.29) is 12.4 Å². The summed E-state index contributed by atoms with van der Waals surface area (Å²) >= 11 is 0. The molecule has 1 aromatic carbocycles. The smallest absolute Gasteiger partial charge is 0.343 e. The maximum Gasteiger partial charge on any atom is 0.343 e. The van der Waals surface area contributed by atoms with E-state index in [9.17, 15) is 9.59 Å². The van der Waals surface area contributed by atoms with Gasteiger partial charge in [-0.15, -0.1) is 0 Å². The first kappa shape index (κ1) is 16.0. The minimum Gasteiger partial charge on any atom is -0.478 e. The van der Waals surface area contributed by atoms with Crippen LogP contribution in [-0.2, 0) is 14.3 Å². The van der Waals surface area contributed by atoms with Crippen LogP contribution in [0.5, 0.6) is 11.5 Å². The zero-order valence-corrected chi connectivity index (χ0v) is 11.1. The maximum atomic E-state index is 10.9. The maximum absolute atomic E-state index is 10.9. The third kappa shape index (κ3) is 5.89. The van der Waals surface area contributed by atoms with Crippen molar-refractivity contribution in [1.82, 2.24) is 0 Å². The molecular formula is C13H18O5. The molecule has 0 fully saturated rings. The van der Waals surface area contributed by atoms with Gasteiger partial charge in [-0.3, -0.25) is 4.79 Å². The Kier molecular flexibility index (Phi) is 8.01. The molecular weight excluding hydrogens is 236 g/mol. The Hall–Kier alpha value is -2.04. The number of hydrogen-bond acceptors (Lipinski definition) is 5. The van der Waals surface area contributed by atoms with Crippen molar-refractivity contribution in [3.63, 3.8) is 0 Å². The fourth-order valence-electron chi connectivity index (χ4n) is 1.00. The van der Waals surface area contributed by atoms with Crippen LogP contribution in [-0.4, -0.2) is 25.7 Å². The molecule has 0 bridgehead atoms. The fourth-order valence-corrected chi connectivity index (χ4v) is 1.00. The summed E-state index contributed by atoms with van der Waals surface area (Å²) in [7, 11) is 1.27. The number of esters is 2. The van der Waals surface area contributed by atoms with Gasteiger partial charge in [-0.25, -0.2) is 4.79 Å². The van der Waals surface area contributed by atoms with Gasteiger partial charge in [0.1, 0.15) is 0 Å². The Morgan fingerprint density at radius 3 is 2.17 bits per heavy atom. The van der Waals surface area contributed by atoms with Gasteiger partial charge in [-0.1, -0.05) is 26.0 Å². The molecule has 5 nitrogen and oxygen atoms in total. The van der Waals surface area contributed by atoms with Crippen LogP contribution in [0.15, 0.2) is 24.3 Å². The van der Waals surface area contributed by atoms with Gasteiger partial charge < -0.3 is 14.2 Å². The molecule has 0 radical (unpaired) electrons. The molecule has 0 amide bonds. The lowest BCUT2D eigenvalue weighted by Gasteiger charge is -2.09. The molecule has 0 unspecified atom stereocenters. The van der Waals surface area contributed by atoms with E-state index < -0.39 is 11.9 Å². The van der Waals surface area contributed by atoms with Gasteiger partial charge in [0.15, 0.2) is 18.1 Å². The highest BCUT2D eigenvalue weighted by Crippen LogP contribution is 2.26. The Morgan fingerprint density at radius 1 is 1.11 bits per heavy atom. The molecule has 0 aliphatic heterocycles. The van der Waals surface area contributed by atoms with Gasteiger partial charge in [0.2, 0.25) is 0 Å². The summed E-state index contributed by atoms with van der Waals surface area (Å²) in [6, 6.07) is 6.58. The Labute approximate surface area is 107 Å². The van der Waals surface area contributed by atoms with E-state index in [1.807, 2.05) is 13.8 Å². The van der Waals surface area contributed by atoms with E-state index in [4.69, 9.17) is 9.47 Å². The molecule has 0 heterocycles. The zero-order chi connectivity index (χ0) is 14.0. The van der Waals surface area contributed by atoms with Crippen LogP contribution in [0, 0.1) is 0 Å². The minimum absolute atomic E-state index is 0.227. The molecule has 100 valence electrons. The second-order valence-corrected chi connectivity index (χ2v) is 2.91. The number of ether oxygens (including phenoxy) is 3. The normalized spacial score (nSPS) is 8.67. The molecule has 0 aliphatic rings. The third-order valence-corrected chi connectivity index (χ3v) is 1.68. The topological polar surface area (TPSA) is 61.8 Å². The van der Waals surface area contributed by atoms with Crippen molar-refractivity contribution in [3.05, 3.63) is 24.3 Å². The van der Waals surface area contributed by atoms with Crippen molar-refractivity contribution in [2.45, 2.75) is 20.8 Å². The highest BCUT2D eigenvalue weighted by atomic mass is 16.6.